The van der Waals surface area contributed by atoms with Gasteiger partial charge in [0.05, 0.1) is 27.7 Å². The standard InChI is InChI=1S/C48H94NO8P/c1-6-8-10-12-14-16-18-20-22-23-24-25-27-28-30-32-34-36-38-40-47(50)54-44-46(45-56-58(52,53)55-43-42-49(3,4)5)57-48(51)41-39-37-35-33-31-29-26-21-19-17-15-13-11-9-7-2/h29,31,46H,6-28,30,32-45H2,1-5H3/b31-29-/t46-/m1/s1. The number of quaternary nitrogens is 1. The van der Waals surface area contributed by atoms with Crippen molar-refractivity contribution in [3.63, 3.8) is 0 Å². The van der Waals surface area contributed by atoms with Gasteiger partial charge in [-0.05, 0) is 38.5 Å². The molecule has 0 aromatic rings. The molecule has 0 N–H and O–H groups in total. The van der Waals surface area contributed by atoms with Crippen molar-refractivity contribution in [3.05, 3.63) is 12.2 Å². The first-order valence-electron chi connectivity index (χ1n) is 24.4. The number of rotatable bonds is 45. The number of carbonyl (C=O) groups excluding carboxylic acids is 2. The van der Waals surface area contributed by atoms with Crippen LogP contribution >= 0.6 is 7.82 Å². The summed E-state index contributed by atoms with van der Waals surface area (Å²) >= 11 is 0. The highest BCUT2D eigenvalue weighted by molar-refractivity contribution is 7.45. The third-order valence-electron chi connectivity index (χ3n) is 10.8. The number of esters is 2. The molecule has 0 rings (SSSR count). The molecule has 0 saturated carbocycles. The maximum absolute atomic E-state index is 12.7. The van der Waals surface area contributed by atoms with Gasteiger partial charge in [0.2, 0.25) is 0 Å². The number of phosphoric acid groups is 1. The van der Waals surface area contributed by atoms with Gasteiger partial charge in [-0.25, -0.2) is 0 Å². The SMILES string of the molecule is CCCCCCCCCC/C=C\CCCCCC(=O)O[C@H](COC(=O)CCCCCCCCCCCCCCCCCCCCC)COP(=O)([O-])OCC[N+](C)(C)C. The zero-order valence-corrected chi connectivity index (χ0v) is 39.7. The number of likely N-dealkylation sites (N-methyl/N-ethyl adjacent to an activating group) is 1. The second kappa shape index (κ2) is 41.1. The van der Waals surface area contributed by atoms with E-state index in [4.69, 9.17) is 18.5 Å². The number of allylic oxidation sites excluding steroid dienone is 2. The van der Waals surface area contributed by atoms with Gasteiger partial charge in [0.15, 0.2) is 6.10 Å². The summed E-state index contributed by atoms with van der Waals surface area (Å²) < 4.78 is 34.0. The van der Waals surface area contributed by atoms with Gasteiger partial charge in [-0.1, -0.05) is 193 Å². The molecular formula is C48H94NO8P. The van der Waals surface area contributed by atoms with E-state index in [2.05, 4.69) is 26.0 Å². The number of phosphoric ester groups is 1. The van der Waals surface area contributed by atoms with E-state index < -0.39 is 26.5 Å². The van der Waals surface area contributed by atoms with Crippen LogP contribution in [0.15, 0.2) is 12.2 Å². The first-order chi connectivity index (χ1) is 28.0. The van der Waals surface area contributed by atoms with Crippen molar-refractivity contribution in [1.82, 2.24) is 0 Å². The molecule has 0 aliphatic rings. The Morgan fingerprint density at radius 3 is 1.29 bits per heavy atom. The molecule has 0 heterocycles. The molecule has 0 aliphatic heterocycles. The summed E-state index contributed by atoms with van der Waals surface area (Å²) in [6.45, 7) is 4.25. The Morgan fingerprint density at radius 1 is 0.517 bits per heavy atom. The maximum Gasteiger partial charge on any atom is 0.306 e. The molecule has 10 heteroatoms. The molecule has 0 aromatic carbocycles. The Morgan fingerprint density at radius 2 is 0.879 bits per heavy atom. The molecule has 0 amide bonds. The van der Waals surface area contributed by atoms with Crippen LogP contribution in [0.25, 0.3) is 0 Å². The molecule has 0 bridgehead atoms. The fraction of sp³-hybridized carbons (Fsp3) is 0.917. The van der Waals surface area contributed by atoms with Crippen LogP contribution in [0.3, 0.4) is 0 Å². The molecule has 58 heavy (non-hydrogen) atoms. The molecule has 0 aromatic heterocycles. The van der Waals surface area contributed by atoms with E-state index >= 15 is 0 Å². The van der Waals surface area contributed by atoms with E-state index in [-0.39, 0.29) is 32.0 Å². The average Bonchev–Trinajstić information content (AvgIpc) is 3.17. The normalized spacial score (nSPS) is 13.6. The molecule has 9 nitrogen and oxygen atoms in total. The van der Waals surface area contributed by atoms with E-state index in [1.54, 1.807) is 0 Å². The zero-order chi connectivity index (χ0) is 42.8. The van der Waals surface area contributed by atoms with Gasteiger partial charge in [0.25, 0.3) is 7.82 Å². The van der Waals surface area contributed by atoms with E-state index in [1.807, 2.05) is 21.1 Å². The molecule has 0 saturated heterocycles. The van der Waals surface area contributed by atoms with E-state index in [1.165, 1.54) is 154 Å². The minimum absolute atomic E-state index is 0.0302. The van der Waals surface area contributed by atoms with Crippen LogP contribution in [0.1, 0.15) is 232 Å². The zero-order valence-electron chi connectivity index (χ0n) is 38.8. The van der Waals surface area contributed by atoms with Crippen molar-refractivity contribution >= 4 is 19.8 Å². The highest BCUT2D eigenvalue weighted by Crippen LogP contribution is 2.38. The van der Waals surface area contributed by atoms with Gasteiger partial charge in [0.1, 0.15) is 19.8 Å². The van der Waals surface area contributed by atoms with E-state index in [9.17, 15) is 19.0 Å². The Bertz CT molecular complexity index is 1000. The first-order valence-corrected chi connectivity index (χ1v) is 25.9. The Balaban J connectivity index is 4.26. The summed E-state index contributed by atoms with van der Waals surface area (Å²) in [6.07, 6.45) is 43.8. The minimum Gasteiger partial charge on any atom is -0.756 e. The summed E-state index contributed by atoms with van der Waals surface area (Å²) in [4.78, 5) is 37.6. The lowest BCUT2D eigenvalue weighted by Crippen LogP contribution is -2.37. The lowest BCUT2D eigenvalue weighted by atomic mass is 10.0. The number of nitrogens with zero attached hydrogens (tertiary/aromatic N) is 1. The van der Waals surface area contributed by atoms with Crippen molar-refractivity contribution in [1.29, 1.82) is 0 Å². The number of unbranched alkanes of at least 4 members (excludes halogenated alkanes) is 29. The molecule has 1 unspecified atom stereocenters. The summed E-state index contributed by atoms with van der Waals surface area (Å²) in [5.74, 6) is -0.839. The van der Waals surface area contributed by atoms with Crippen molar-refractivity contribution in [2.75, 3.05) is 47.5 Å². The molecular weight excluding hydrogens is 750 g/mol. The van der Waals surface area contributed by atoms with E-state index in [0.717, 1.165) is 44.9 Å². The second-order valence-corrected chi connectivity index (χ2v) is 19.2. The predicted octanol–water partition coefficient (Wildman–Crippen LogP) is 13.5. The van der Waals surface area contributed by atoms with Crippen molar-refractivity contribution in [2.45, 2.75) is 238 Å². The number of carbonyl (C=O) groups is 2. The first kappa shape index (κ1) is 56.8. The number of hydrogen-bond donors (Lipinski definition) is 0. The Labute approximate surface area is 358 Å². The predicted molar refractivity (Wildman–Crippen MR) is 241 cm³/mol. The third-order valence-corrected chi connectivity index (χ3v) is 11.7. The number of ether oxygens (including phenoxy) is 2. The van der Waals surface area contributed by atoms with E-state index in [0.29, 0.717) is 17.4 Å². The lowest BCUT2D eigenvalue weighted by molar-refractivity contribution is -0.870. The summed E-state index contributed by atoms with van der Waals surface area (Å²) in [6, 6.07) is 0. The van der Waals surface area contributed by atoms with Crippen LogP contribution in [-0.4, -0.2) is 70.0 Å². The van der Waals surface area contributed by atoms with Crippen LogP contribution in [0.5, 0.6) is 0 Å². The average molecular weight is 844 g/mol. The topological polar surface area (TPSA) is 111 Å². The van der Waals surface area contributed by atoms with Gasteiger partial charge in [-0.3, -0.25) is 14.2 Å². The Hall–Kier alpha value is -1.25. The maximum atomic E-state index is 12.7. The monoisotopic (exact) mass is 844 g/mol. The highest BCUT2D eigenvalue weighted by Gasteiger charge is 2.21. The quantitative estimate of drug-likeness (QED) is 0.0196. The number of hydrogen-bond acceptors (Lipinski definition) is 8. The summed E-state index contributed by atoms with van der Waals surface area (Å²) in [7, 11) is 1.17. The van der Waals surface area contributed by atoms with Crippen LogP contribution in [0.4, 0.5) is 0 Å². The van der Waals surface area contributed by atoms with Gasteiger partial charge >= 0.3 is 11.9 Å². The molecule has 0 spiro atoms. The fourth-order valence-electron chi connectivity index (χ4n) is 6.95. The summed E-state index contributed by atoms with van der Waals surface area (Å²) in [5.41, 5.74) is 0. The molecule has 0 fully saturated rings. The van der Waals surface area contributed by atoms with Crippen molar-refractivity contribution in [3.8, 4) is 0 Å². The van der Waals surface area contributed by atoms with Gasteiger partial charge in [0, 0.05) is 12.8 Å². The summed E-state index contributed by atoms with van der Waals surface area (Å²) in [5, 5.41) is 0. The molecule has 0 aliphatic carbocycles. The smallest absolute Gasteiger partial charge is 0.306 e. The van der Waals surface area contributed by atoms with Crippen LogP contribution in [0.2, 0.25) is 0 Å². The lowest BCUT2D eigenvalue weighted by Gasteiger charge is -2.28. The fourth-order valence-corrected chi connectivity index (χ4v) is 7.67. The van der Waals surface area contributed by atoms with Crippen molar-refractivity contribution in [2.24, 2.45) is 0 Å². The second-order valence-electron chi connectivity index (χ2n) is 17.8. The highest BCUT2D eigenvalue weighted by atomic mass is 31.2. The van der Waals surface area contributed by atoms with Gasteiger partial charge in [-0.2, -0.15) is 0 Å². The van der Waals surface area contributed by atoms with Gasteiger partial charge in [-0.15, -0.1) is 0 Å². The van der Waals surface area contributed by atoms with Gasteiger partial charge < -0.3 is 27.9 Å². The van der Waals surface area contributed by atoms with Crippen LogP contribution in [-0.2, 0) is 32.7 Å². The Kier molecular flexibility index (Phi) is 40.2. The van der Waals surface area contributed by atoms with Crippen molar-refractivity contribution < 1.29 is 42.1 Å². The molecule has 2 atom stereocenters. The largest absolute Gasteiger partial charge is 0.756 e. The third kappa shape index (κ3) is 44.3. The minimum atomic E-state index is -4.63. The van der Waals surface area contributed by atoms with Crippen LogP contribution < -0.4 is 4.89 Å². The molecule has 0 radical (unpaired) electrons. The van der Waals surface area contributed by atoms with Crippen LogP contribution in [0, 0.1) is 0 Å². The molecule has 344 valence electrons.